The van der Waals surface area contributed by atoms with Crippen molar-refractivity contribution >= 4 is 0 Å². The summed E-state index contributed by atoms with van der Waals surface area (Å²) in [6.07, 6.45) is 8.12. The van der Waals surface area contributed by atoms with E-state index in [2.05, 4.69) is 19.5 Å². The highest BCUT2D eigenvalue weighted by molar-refractivity contribution is 5.70. The maximum absolute atomic E-state index is 5.69. The SMILES string of the molecule is COc1cc2c(cc1-c1nccn1CCc1cnc[nH]1)OCCO2. The summed E-state index contributed by atoms with van der Waals surface area (Å²) < 4.78 is 18.9. The Labute approximate surface area is 139 Å². The van der Waals surface area contributed by atoms with Gasteiger partial charge in [0.05, 0.1) is 19.0 Å². The molecule has 7 nitrogen and oxygen atoms in total. The van der Waals surface area contributed by atoms with E-state index < -0.39 is 0 Å². The van der Waals surface area contributed by atoms with Gasteiger partial charge >= 0.3 is 0 Å². The molecule has 1 aliphatic rings. The topological polar surface area (TPSA) is 74.2 Å². The van der Waals surface area contributed by atoms with Crippen LogP contribution in [0.5, 0.6) is 17.2 Å². The number of aromatic amines is 1. The molecule has 0 fully saturated rings. The van der Waals surface area contributed by atoms with E-state index in [0.29, 0.717) is 24.7 Å². The van der Waals surface area contributed by atoms with Crippen molar-refractivity contribution in [3.05, 3.63) is 42.7 Å². The smallest absolute Gasteiger partial charge is 0.165 e. The minimum atomic E-state index is 0.549. The van der Waals surface area contributed by atoms with Gasteiger partial charge in [-0.1, -0.05) is 0 Å². The number of benzene rings is 1. The van der Waals surface area contributed by atoms with Gasteiger partial charge in [-0.05, 0) is 6.07 Å². The number of aryl methyl sites for hydroxylation is 2. The van der Waals surface area contributed by atoms with Crippen LogP contribution in [0.3, 0.4) is 0 Å². The van der Waals surface area contributed by atoms with Crippen LogP contribution in [0, 0.1) is 0 Å². The molecule has 3 heterocycles. The molecule has 0 atom stereocenters. The van der Waals surface area contributed by atoms with Gasteiger partial charge in [0.2, 0.25) is 0 Å². The van der Waals surface area contributed by atoms with E-state index in [4.69, 9.17) is 14.2 Å². The largest absolute Gasteiger partial charge is 0.496 e. The third-order valence-corrected chi connectivity index (χ3v) is 4.00. The van der Waals surface area contributed by atoms with Crippen molar-refractivity contribution in [2.75, 3.05) is 20.3 Å². The number of hydrogen-bond donors (Lipinski definition) is 1. The lowest BCUT2D eigenvalue weighted by molar-refractivity contribution is 0.171. The van der Waals surface area contributed by atoms with Gasteiger partial charge < -0.3 is 23.8 Å². The number of ether oxygens (including phenoxy) is 3. The summed E-state index contributed by atoms with van der Waals surface area (Å²) in [7, 11) is 1.65. The lowest BCUT2D eigenvalue weighted by Crippen LogP contribution is -2.15. The summed E-state index contributed by atoms with van der Waals surface area (Å²) in [5, 5.41) is 0. The molecule has 0 unspecified atom stereocenters. The Balaban J connectivity index is 1.67. The average Bonchev–Trinajstić information content (AvgIpc) is 3.30. The summed E-state index contributed by atoms with van der Waals surface area (Å²) in [6, 6.07) is 3.79. The molecular formula is C17H18N4O3. The van der Waals surface area contributed by atoms with E-state index in [-0.39, 0.29) is 0 Å². The number of hydrogen-bond acceptors (Lipinski definition) is 5. The van der Waals surface area contributed by atoms with Crippen LogP contribution in [-0.2, 0) is 13.0 Å². The first kappa shape index (κ1) is 14.6. The van der Waals surface area contributed by atoms with Crippen molar-refractivity contribution < 1.29 is 14.2 Å². The molecule has 1 aromatic carbocycles. The molecule has 2 aromatic heterocycles. The Hall–Kier alpha value is -2.96. The number of aromatic nitrogens is 4. The first-order chi connectivity index (χ1) is 11.8. The van der Waals surface area contributed by atoms with Crippen LogP contribution in [0.1, 0.15) is 5.69 Å². The predicted molar refractivity (Wildman–Crippen MR) is 87.5 cm³/mol. The monoisotopic (exact) mass is 326 g/mol. The fraction of sp³-hybridized carbons (Fsp3) is 0.294. The quantitative estimate of drug-likeness (QED) is 0.779. The van der Waals surface area contributed by atoms with Gasteiger partial charge in [0, 0.05) is 43.3 Å². The third kappa shape index (κ3) is 2.68. The van der Waals surface area contributed by atoms with Crippen molar-refractivity contribution in [3.63, 3.8) is 0 Å². The second-order valence-electron chi connectivity index (χ2n) is 5.47. The third-order valence-electron chi connectivity index (χ3n) is 4.00. The highest BCUT2D eigenvalue weighted by atomic mass is 16.6. The van der Waals surface area contributed by atoms with Crippen LogP contribution in [0.25, 0.3) is 11.4 Å². The van der Waals surface area contributed by atoms with Crippen molar-refractivity contribution in [2.45, 2.75) is 13.0 Å². The van der Waals surface area contributed by atoms with Gasteiger partial charge in [-0.2, -0.15) is 0 Å². The van der Waals surface area contributed by atoms with E-state index >= 15 is 0 Å². The van der Waals surface area contributed by atoms with E-state index in [9.17, 15) is 0 Å². The molecule has 7 heteroatoms. The van der Waals surface area contributed by atoms with Crippen molar-refractivity contribution in [3.8, 4) is 28.6 Å². The summed E-state index contributed by atoms with van der Waals surface area (Å²) in [6.45, 7) is 1.89. The number of H-pyrrole nitrogens is 1. The van der Waals surface area contributed by atoms with Gasteiger partial charge in [-0.3, -0.25) is 0 Å². The van der Waals surface area contributed by atoms with Gasteiger partial charge in [0.1, 0.15) is 24.8 Å². The molecule has 3 aromatic rings. The van der Waals surface area contributed by atoms with E-state index in [1.807, 2.05) is 24.5 Å². The van der Waals surface area contributed by atoms with Crippen molar-refractivity contribution in [2.24, 2.45) is 0 Å². The molecule has 0 amide bonds. The minimum Gasteiger partial charge on any atom is -0.496 e. The number of nitrogens with zero attached hydrogens (tertiary/aromatic N) is 3. The zero-order valence-electron chi connectivity index (χ0n) is 13.4. The van der Waals surface area contributed by atoms with E-state index in [1.54, 1.807) is 19.6 Å². The number of methoxy groups -OCH3 is 1. The van der Waals surface area contributed by atoms with Gasteiger partial charge in [0.25, 0.3) is 0 Å². The Morgan fingerprint density at radius 1 is 1.25 bits per heavy atom. The molecule has 1 N–H and O–H groups in total. The molecule has 24 heavy (non-hydrogen) atoms. The Morgan fingerprint density at radius 3 is 2.83 bits per heavy atom. The number of rotatable bonds is 5. The molecule has 4 rings (SSSR count). The first-order valence-electron chi connectivity index (χ1n) is 7.81. The van der Waals surface area contributed by atoms with Crippen LogP contribution >= 0.6 is 0 Å². The minimum absolute atomic E-state index is 0.549. The van der Waals surface area contributed by atoms with Crippen LogP contribution in [0.15, 0.2) is 37.1 Å². The highest BCUT2D eigenvalue weighted by Crippen LogP contribution is 2.40. The molecule has 124 valence electrons. The molecule has 0 bridgehead atoms. The van der Waals surface area contributed by atoms with Gasteiger partial charge in [0.15, 0.2) is 11.5 Å². The lowest BCUT2D eigenvalue weighted by Gasteiger charge is -2.21. The van der Waals surface area contributed by atoms with Crippen LogP contribution in [0.4, 0.5) is 0 Å². The summed E-state index contributed by atoms with van der Waals surface area (Å²) >= 11 is 0. The number of fused-ring (bicyclic) bond motifs is 1. The maximum Gasteiger partial charge on any atom is 0.165 e. The number of nitrogens with one attached hydrogen (secondary N) is 1. The molecule has 0 saturated heterocycles. The van der Waals surface area contributed by atoms with Crippen LogP contribution in [-0.4, -0.2) is 39.8 Å². The second kappa shape index (κ2) is 6.27. The molecule has 1 aliphatic heterocycles. The molecule has 0 spiro atoms. The van der Waals surface area contributed by atoms with Crippen LogP contribution < -0.4 is 14.2 Å². The molecule has 0 aliphatic carbocycles. The molecular weight excluding hydrogens is 308 g/mol. The van der Waals surface area contributed by atoms with Gasteiger partial charge in [-0.15, -0.1) is 0 Å². The van der Waals surface area contributed by atoms with Crippen molar-refractivity contribution in [1.29, 1.82) is 0 Å². The fourth-order valence-corrected chi connectivity index (χ4v) is 2.81. The first-order valence-corrected chi connectivity index (χ1v) is 7.81. The summed E-state index contributed by atoms with van der Waals surface area (Å²) in [5.74, 6) is 2.98. The Kier molecular flexibility index (Phi) is 3.82. The Bertz CT molecular complexity index is 826. The maximum atomic E-state index is 5.69. The fourth-order valence-electron chi connectivity index (χ4n) is 2.81. The molecule has 0 radical (unpaired) electrons. The number of imidazole rings is 2. The highest BCUT2D eigenvalue weighted by Gasteiger charge is 2.20. The standard InChI is InChI=1S/C17H18N4O3/c1-22-14-9-16-15(23-6-7-24-16)8-13(14)17-19-3-5-21(17)4-2-12-10-18-11-20-12/h3,5,8-11H,2,4,6-7H2,1H3,(H,18,20). The predicted octanol–water partition coefficient (Wildman–Crippen LogP) is 2.30. The summed E-state index contributed by atoms with van der Waals surface area (Å²) in [4.78, 5) is 11.7. The normalized spacial score (nSPS) is 13.0. The van der Waals surface area contributed by atoms with Crippen molar-refractivity contribution in [1.82, 2.24) is 19.5 Å². The van der Waals surface area contributed by atoms with E-state index in [1.165, 1.54) is 0 Å². The van der Waals surface area contributed by atoms with E-state index in [0.717, 1.165) is 35.8 Å². The van der Waals surface area contributed by atoms with Crippen LogP contribution in [0.2, 0.25) is 0 Å². The second-order valence-corrected chi connectivity index (χ2v) is 5.47. The van der Waals surface area contributed by atoms with Gasteiger partial charge in [-0.25, -0.2) is 9.97 Å². The summed E-state index contributed by atoms with van der Waals surface area (Å²) in [5.41, 5.74) is 1.97. The Morgan fingerprint density at radius 2 is 2.08 bits per heavy atom. The lowest BCUT2D eigenvalue weighted by atomic mass is 10.1. The average molecular weight is 326 g/mol. The zero-order chi connectivity index (χ0) is 16.4. The molecule has 0 saturated carbocycles. The zero-order valence-corrected chi connectivity index (χ0v) is 13.4.